The molecule has 0 spiro atoms. The molecule has 0 aromatic rings. The van der Waals surface area contributed by atoms with Crippen molar-refractivity contribution in [2.45, 2.75) is 44.6 Å². The van der Waals surface area contributed by atoms with Gasteiger partial charge in [-0.1, -0.05) is 25.7 Å². The van der Waals surface area contributed by atoms with Crippen LogP contribution in [0.3, 0.4) is 0 Å². The zero-order chi connectivity index (χ0) is 6.81. The van der Waals surface area contributed by atoms with Gasteiger partial charge in [0.1, 0.15) is 0 Å². The number of rotatable bonds is 1. The van der Waals surface area contributed by atoms with E-state index in [4.69, 9.17) is 0 Å². The van der Waals surface area contributed by atoms with E-state index in [1.54, 1.807) is 0 Å². The van der Waals surface area contributed by atoms with Crippen LogP contribution in [0.1, 0.15) is 38.5 Å². The van der Waals surface area contributed by atoms with E-state index in [-0.39, 0.29) is 0 Å². The Labute approximate surface area is 63.4 Å². The summed E-state index contributed by atoms with van der Waals surface area (Å²) in [5.74, 6) is 0. The molecule has 1 heterocycles. The number of hydrogen-bond acceptors (Lipinski definition) is 1. The summed E-state index contributed by atoms with van der Waals surface area (Å²) in [7, 11) is 0. The van der Waals surface area contributed by atoms with Crippen LogP contribution in [0.4, 0.5) is 0 Å². The van der Waals surface area contributed by atoms with Crippen molar-refractivity contribution >= 4 is 0 Å². The summed E-state index contributed by atoms with van der Waals surface area (Å²) < 4.78 is 0. The van der Waals surface area contributed by atoms with E-state index in [2.05, 4.69) is 4.90 Å². The Morgan fingerprint density at radius 3 is 1.90 bits per heavy atom. The lowest BCUT2D eigenvalue weighted by Gasteiger charge is -2.13. The maximum Gasteiger partial charge on any atom is 0.0113 e. The average molecular weight is 139 g/mol. The highest BCUT2D eigenvalue weighted by molar-refractivity contribution is 4.83. The fraction of sp³-hybridized carbons (Fsp3) is 1.00. The van der Waals surface area contributed by atoms with E-state index in [1.807, 2.05) is 0 Å². The molecule has 2 aliphatic rings. The number of hydrogen-bond donors (Lipinski definition) is 0. The Bertz CT molecular complexity index is 99.3. The van der Waals surface area contributed by atoms with Crippen molar-refractivity contribution in [1.82, 2.24) is 4.90 Å². The molecule has 1 saturated carbocycles. The van der Waals surface area contributed by atoms with Crippen molar-refractivity contribution in [2.24, 2.45) is 0 Å². The van der Waals surface area contributed by atoms with Crippen LogP contribution < -0.4 is 0 Å². The normalized spacial score (nSPS) is 30.0. The lowest BCUT2D eigenvalue weighted by molar-refractivity contribution is 0.359. The minimum Gasteiger partial charge on any atom is -0.298 e. The third kappa shape index (κ3) is 1.51. The Kier molecular flexibility index (Phi) is 1.94. The Balaban J connectivity index is 1.81. The molecule has 0 atom stereocenters. The summed E-state index contributed by atoms with van der Waals surface area (Å²) in [6.45, 7) is 2.79. The molecule has 0 bridgehead atoms. The molecule has 0 amide bonds. The molecule has 1 saturated heterocycles. The minimum atomic E-state index is 0.988. The van der Waals surface area contributed by atoms with Gasteiger partial charge in [0, 0.05) is 19.1 Å². The molecular weight excluding hydrogens is 122 g/mol. The van der Waals surface area contributed by atoms with Gasteiger partial charge >= 0.3 is 0 Å². The molecule has 0 aromatic heterocycles. The van der Waals surface area contributed by atoms with Crippen LogP contribution in [-0.4, -0.2) is 24.0 Å². The van der Waals surface area contributed by atoms with Gasteiger partial charge in [0.05, 0.1) is 0 Å². The highest BCUT2D eigenvalue weighted by Gasteiger charge is 2.27. The van der Waals surface area contributed by atoms with Gasteiger partial charge in [-0.05, 0) is 12.8 Å². The Morgan fingerprint density at radius 1 is 0.800 bits per heavy atom. The van der Waals surface area contributed by atoms with Crippen molar-refractivity contribution in [3.05, 3.63) is 0 Å². The van der Waals surface area contributed by atoms with Crippen molar-refractivity contribution in [1.29, 1.82) is 0 Å². The summed E-state index contributed by atoms with van der Waals surface area (Å²) in [5.41, 5.74) is 0. The zero-order valence-electron chi connectivity index (χ0n) is 6.68. The molecule has 0 aromatic carbocycles. The van der Waals surface area contributed by atoms with E-state index < -0.39 is 0 Å². The maximum absolute atomic E-state index is 2.63. The molecule has 0 radical (unpaired) electrons. The fourth-order valence-corrected chi connectivity index (χ4v) is 2.05. The van der Waals surface area contributed by atoms with Gasteiger partial charge in [-0.2, -0.15) is 0 Å². The molecule has 2 fully saturated rings. The van der Waals surface area contributed by atoms with Crippen LogP contribution in [0.2, 0.25) is 0 Å². The SMILES string of the molecule is C1CCCC(N2CC2)CC1. The lowest BCUT2D eigenvalue weighted by atomic mass is 10.1. The molecule has 2 rings (SSSR count). The van der Waals surface area contributed by atoms with Crippen LogP contribution in [0.25, 0.3) is 0 Å². The quantitative estimate of drug-likeness (QED) is 0.397. The van der Waals surface area contributed by atoms with Crippen LogP contribution in [0.5, 0.6) is 0 Å². The van der Waals surface area contributed by atoms with Gasteiger partial charge < -0.3 is 0 Å². The molecule has 1 heteroatoms. The van der Waals surface area contributed by atoms with Crippen LogP contribution >= 0.6 is 0 Å². The predicted octanol–water partition coefficient (Wildman–Crippen LogP) is 2.02. The van der Waals surface area contributed by atoms with Crippen LogP contribution in [0, 0.1) is 0 Å². The van der Waals surface area contributed by atoms with Crippen LogP contribution in [0.15, 0.2) is 0 Å². The standard InChI is InChI=1S/C9H17N/c1-2-4-6-9(5-3-1)10-7-8-10/h9H,1-8H2. The molecule has 0 unspecified atom stereocenters. The third-order valence-corrected chi connectivity index (χ3v) is 2.82. The highest BCUT2D eigenvalue weighted by Crippen LogP contribution is 2.25. The van der Waals surface area contributed by atoms with Gasteiger partial charge in [0.2, 0.25) is 0 Å². The van der Waals surface area contributed by atoms with Crippen LogP contribution in [-0.2, 0) is 0 Å². The van der Waals surface area contributed by atoms with E-state index >= 15 is 0 Å². The average Bonchev–Trinajstić information content (AvgIpc) is 2.76. The largest absolute Gasteiger partial charge is 0.298 e. The van der Waals surface area contributed by atoms with E-state index in [0.29, 0.717) is 0 Å². The monoisotopic (exact) mass is 139 g/mol. The molecule has 1 aliphatic carbocycles. The van der Waals surface area contributed by atoms with Crippen molar-refractivity contribution in [3.8, 4) is 0 Å². The zero-order valence-corrected chi connectivity index (χ0v) is 6.68. The highest BCUT2D eigenvalue weighted by atomic mass is 15.3. The Morgan fingerprint density at radius 2 is 1.40 bits per heavy atom. The summed E-state index contributed by atoms with van der Waals surface area (Å²) in [6.07, 6.45) is 8.93. The first-order valence-corrected chi connectivity index (χ1v) is 4.71. The molecule has 58 valence electrons. The second-order valence-electron chi connectivity index (χ2n) is 3.68. The first-order chi connectivity index (χ1) is 4.97. The molecule has 10 heavy (non-hydrogen) atoms. The van der Waals surface area contributed by atoms with Gasteiger partial charge in [0.25, 0.3) is 0 Å². The van der Waals surface area contributed by atoms with Crippen molar-refractivity contribution in [3.63, 3.8) is 0 Å². The second-order valence-corrected chi connectivity index (χ2v) is 3.68. The number of nitrogens with zero attached hydrogens (tertiary/aromatic N) is 1. The third-order valence-electron chi connectivity index (χ3n) is 2.82. The smallest absolute Gasteiger partial charge is 0.0113 e. The predicted molar refractivity (Wildman–Crippen MR) is 43.1 cm³/mol. The topological polar surface area (TPSA) is 3.01 Å². The molecular formula is C9H17N. The summed E-state index contributed by atoms with van der Waals surface area (Å²) in [4.78, 5) is 2.63. The summed E-state index contributed by atoms with van der Waals surface area (Å²) in [6, 6.07) is 0.988. The first kappa shape index (κ1) is 6.66. The van der Waals surface area contributed by atoms with E-state index in [9.17, 15) is 0 Å². The van der Waals surface area contributed by atoms with Gasteiger partial charge in [-0.3, -0.25) is 4.90 Å². The summed E-state index contributed by atoms with van der Waals surface area (Å²) in [5, 5.41) is 0. The first-order valence-electron chi connectivity index (χ1n) is 4.71. The molecule has 0 N–H and O–H groups in total. The molecule has 1 aliphatic heterocycles. The maximum atomic E-state index is 2.63. The Hall–Kier alpha value is -0.0400. The summed E-state index contributed by atoms with van der Waals surface area (Å²) >= 11 is 0. The van der Waals surface area contributed by atoms with Crippen molar-refractivity contribution < 1.29 is 0 Å². The lowest BCUT2D eigenvalue weighted by Crippen LogP contribution is -2.16. The van der Waals surface area contributed by atoms with Gasteiger partial charge in [0.15, 0.2) is 0 Å². The van der Waals surface area contributed by atoms with Gasteiger partial charge in [-0.25, -0.2) is 0 Å². The van der Waals surface area contributed by atoms with E-state index in [1.165, 1.54) is 51.6 Å². The fourth-order valence-electron chi connectivity index (χ4n) is 2.05. The minimum absolute atomic E-state index is 0.988. The van der Waals surface area contributed by atoms with Crippen molar-refractivity contribution in [2.75, 3.05) is 13.1 Å². The van der Waals surface area contributed by atoms with E-state index in [0.717, 1.165) is 6.04 Å². The van der Waals surface area contributed by atoms with Gasteiger partial charge in [-0.15, -0.1) is 0 Å². The molecule has 1 nitrogen and oxygen atoms in total. The second kappa shape index (κ2) is 2.91.